The van der Waals surface area contributed by atoms with E-state index in [1.165, 1.54) is 25.7 Å². The maximum absolute atomic E-state index is 5.27. The van der Waals surface area contributed by atoms with E-state index in [1.54, 1.807) is 0 Å². The van der Waals surface area contributed by atoms with Crippen molar-refractivity contribution in [2.24, 2.45) is 5.73 Å². The monoisotopic (exact) mass is 175 g/mol. The Labute approximate surface area is 68.4 Å². The molecule has 1 nitrogen and oxygen atoms in total. The van der Waals surface area contributed by atoms with Crippen LogP contribution in [0.3, 0.4) is 0 Å². The van der Waals surface area contributed by atoms with Crippen LogP contribution in [0.15, 0.2) is 0 Å². The molecule has 0 aromatic carbocycles. The molecule has 74 valence electrons. The first-order valence-electron chi connectivity index (χ1n) is 3.12. The molecule has 0 aromatic rings. The van der Waals surface area contributed by atoms with Gasteiger partial charge in [-0.15, -0.1) is 0 Å². The van der Waals surface area contributed by atoms with E-state index in [0.717, 1.165) is 6.54 Å². The van der Waals surface area contributed by atoms with E-state index in [4.69, 9.17) is 5.73 Å². The predicted molar refractivity (Wildman–Crippen MR) is 50.6 cm³/mol. The molecule has 5 heteroatoms. The third-order valence-corrected chi connectivity index (χ3v) is 1.06. The number of nitrogens with two attached hydrogens (primary N) is 1. The third kappa shape index (κ3) is 41.2. The second kappa shape index (κ2) is 32.9. The first-order valence-corrected chi connectivity index (χ1v) is 3.12. The summed E-state index contributed by atoms with van der Waals surface area (Å²) in [6, 6.07) is 0. The van der Waals surface area contributed by atoms with E-state index in [9.17, 15) is 0 Å². The van der Waals surface area contributed by atoms with Crippen molar-refractivity contribution in [1.29, 1.82) is 0 Å². The smallest absolute Gasteiger partial charge is 0.0814 e. The standard InChI is InChI=1S/C6H15N.BH3.3FH/c1-2-3-4-5-6-7;;;;/h2-7H2,1H3;1H3;3*1H. The van der Waals surface area contributed by atoms with Crippen LogP contribution in [0.4, 0.5) is 14.1 Å². The fourth-order valence-electron chi connectivity index (χ4n) is 0.571. The van der Waals surface area contributed by atoms with Crippen LogP contribution in [-0.4, -0.2) is 15.0 Å². The van der Waals surface area contributed by atoms with Gasteiger partial charge in [0.1, 0.15) is 0 Å². The minimum Gasteiger partial charge on any atom is -0.330 e. The number of halogens is 3. The van der Waals surface area contributed by atoms with Crippen molar-refractivity contribution >= 4 is 8.41 Å². The van der Waals surface area contributed by atoms with Gasteiger partial charge in [-0.05, 0) is 13.0 Å². The summed E-state index contributed by atoms with van der Waals surface area (Å²) in [5.74, 6) is 0. The van der Waals surface area contributed by atoms with E-state index in [-0.39, 0.29) is 22.5 Å². The molecule has 0 fully saturated rings. The van der Waals surface area contributed by atoms with Crippen molar-refractivity contribution < 1.29 is 14.1 Å². The lowest BCUT2D eigenvalue weighted by molar-refractivity contribution is 0.674. The molecule has 0 amide bonds. The van der Waals surface area contributed by atoms with Crippen LogP contribution in [-0.2, 0) is 0 Å². The van der Waals surface area contributed by atoms with Crippen molar-refractivity contribution in [2.75, 3.05) is 6.54 Å². The van der Waals surface area contributed by atoms with Gasteiger partial charge >= 0.3 is 0 Å². The quantitative estimate of drug-likeness (QED) is 0.496. The Morgan fingerprint density at radius 1 is 0.909 bits per heavy atom. The summed E-state index contributed by atoms with van der Waals surface area (Å²) < 4.78 is 0. The average molecular weight is 175 g/mol. The highest BCUT2D eigenvalue weighted by molar-refractivity contribution is 5.75. The third-order valence-electron chi connectivity index (χ3n) is 1.06. The van der Waals surface area contributed by atoms with Crippen molar-refractivity contribution in [3.63, 3.8) is 0 Å². The van der Waals surface area contributed by atoms with Crippen LogP contribution in [0.1, 0.15) is 32.6 Å². The molecule has 0 spiro atoms. The zero-order chi connectivity index (χ0) is 5.54. The van der Waals surface area contributed by atoms with Gasteiger partial charge in [0.05, 0.1) is 8.41 Å². The summed E-state index contributed by atoms with van der Waals surface area (Å²) in [7, 11) is 0. The Kier molecular flexibility index (Phi) is 92.1. The minimum atomic E-state index is 0. The van der Waals surface area contributed by atoms with E-state index in [1.807, 2.05) is 0 Å². The second-order valence-electron chi connectivity index (χ2n) is 1.85. The molecule has 0 heterocycles. The maximum atomic E-state index is 5.27. The molecular weight excluding hydrogens is 154 g/mol. The lowest BCUT2D eigenvalue weighted by Gasteiger charge is -1.90. The summed E-state index contributed by atoms with van der Waals surface area (Å²) in [5, 5.41) is 0. The summed E-state index contributed by atoms with van der Waals surface area (Å²) in [6.07, 6.45) is 5.16. The summed E-state index contributed by atoms with van der Waals surface area (Å²) in [5.41, 5.74) is 5.27. The Hall–Kier alpha value is -0.185. The van der Waals surface area contributed by atoms with Gasteiger partial charge in [-0.25, -0.2) is 0 Å². The highest BCUT2D eigenvalue weighted by Gasteiger charge is 1.80. The Balaban J connectivity index is -0.0000000300. The minimum absolute atomic E-state index is 0. The summed E-state index contributed by atoms with van der Waals surface area (Å²) in [4.78, 5) is 0. The number of hydrogen-bond donors (Lipinski definition) is 1. The zero-order valence-electron chi connectivity index (χ0n) is 6.34. The highest BCUT2D eigenvalue weighted by Crippen LogP contribution is 1.95. The Morgan fingerprint density at radius 2 is 1.36 bits per heavy atom. The molecular formula is C6H21BF3N. The molecule has 0 radical (unpaired) electrons. The van der Waals surface area contributed by atoms with Crippen molar-refractivity contribution in [3.8, 4) is 0 Å². The molecule has 2 N–H and O–H groups in total. The van der Waals surface area contributed by atoms with Gasteiger partial charge in [0.2, 0.25) is 0 Å². The molecule has 0 atom stereocenters. The SMILES string of the molecule is B.CCCCCCN.F.F.F. The second-order valence-corrected chi connectivity index (χ2v) is 1.85. The van der Waals surface area contributed by atoms with Crippen molar-refractivity contribution in [2.45, 2.75) is 32.6 Å². The van der Waals surface area contributed by atoms with Crippen molar-refractivity contribution in [1.82, 2.24) is 0 Å². The summed E-state index contributed by atoms with van der Waals surface area (Å²) in [6.45, 7) is 3.07. The molecule has 0 unspecified atom stereocenters. The lowest BCUT2D eigenvalue weighted by atomic mass is 10.2. The Morgan fingerprint density at radius 3 is 1.64 bits per heavy atom. The van der Waals surface area contributed by atoms with Crippen LogP contribution in [0.2, 0.25) is 0 Å². The van der Waals surface area contributed by atoms with E-state index in [0.29, 0.717) is 0 Å². The van der Waals surface area contributed by atoms with Gasteiger partial charge < -0.3 is 5.73 Å². The molecule has 0 aliphatic heterocycles. The molecule has 11 heavy (non-hydrogen) atoms. The predicted octanol–water partition coefficient (Wildman–Crippen LogP) is 0.799. The molecule has 0 aromatic heterocycles. The number of unbranched alkanes of at least 4 members (excludes halogenated alkanes) is 3. The normalized spacial score (nSPS) is 6.00. The number of hydrogen-bond acceptors (Lipinski definition) is 1. The van der Waals surface area contributed by atoms with Crippen LogP contribution >= 0.6 is 0 Å². The van der Waals surface area contributed by atoms with Crippen molar-refractivity contribution in [3.05, 3.63) is 0 Å². The number of rotatable bonds is 4. The van der Waals surface area contributed by atoms with Crippen LogP contribution in [0.5, 0.6) is 0 Å². The molecule has 0 saturated heterocycles. The fourth-order valence-corrected chi connectivity index (χ4v) is 0.571. The van der Waals surface area contributed by atoms with E-state index in [2.05, 4.69) is 6.92 Å². The van der Waals surface area contributed by atoms with Crippen LogP contribution in [0.25, 0.3) is 0 Å². The first kappa shape index (κ1) is 30.8. The van der Waals surface area contributed by atoms with Gasteiger partial charge in [0, 0.05) is 0 Å². The lowest BCUT2D eigenvalue weighted by Crippen LogP contribution is -1.97. The molecule has 0 aliphatic rings. The highest BCUT2D eigenvalue weighted by atomic mass is 19.0. The van der Waals surface area contributed by atoms with Gasteiger partial charge in [-0.3, -0.25) is 14.1 Å². The topological polar surface area (TPSA) is 26.0 Å². The maximum Gasteiger partial charge on any atom is 0.0814 e. The van der Waals surface area contributed by atoms with Gasteiger partial charge in [-0.2, -0.15) is 0 Å². The molecule has 0 rings (SSSR count). The van der Waals surface area contributed by atoms with Gasteiger partial charge in [-0.1, -0.05) is 26.2 Å². The Bertz CT molecular complexity index is 37.0. The van der Waals surface area contributed by atoms with Crippen LogP contribution in [0, 0.1) is 0 Å². The van der Waals surface area contributed by atoms with Crippen LogP contribution < -0.4 is 5.73 Å². The van der Waals surface area contributed by atoms with E-state index >= 15 is 0 Å². The largest absolute Gasteiger partial charge is 0.330 e. The molecule has 0 saturated carbocycles. The molecule has 0 aliphatic carbocycles. The molecule has 0 bridgehead atoms. The van der Waals surface area contributed by atoms with E-state index < -0.39 is 0 Å². The first-order chi connectivity index (χ1) is 3.41. The average Bonchev–Trinajstić information content (AvgIpc) is 1.69. The van der Waals surface area contributed by atoms with Gasteiger partial charge in [0.25, 0.3) is 0 Å². The zero-order valence-corrected chi connectivity index (χ0v) is 6.34. The fraction of sp³-hybridized carbons (Fsp3) is 1.00. The summed E-state index contributed by atoms with van der Waals surface area (Å²) >= 11 is 0. The van der Waals surface area contributed by atoms with Gasteiger partial charge in [0.15, 0.2) is 0 Å².